The molecule has 1 rings (SSSR count). The van der Waals surface area contributed by atoms with Gasteiger partial charge in [0.05, 0.1) is 0 Å². The van der Waals surface area contributed by atoms with Crippen LogP contribution in [0.15, 0.2) is 0 Å². The van der Waals surface area contributed by atoms with E-state index in [-0.39, 0.29) is 0 Å². The topological polar surface area (TPSA) is 0 Å². The lowest BCUT2D eigenvalue weighted by Crippen LogP contribution is -2.89. The van der Waals surface area contributed by atoms with E-state index >= 15 is 0 Å². The number of alkyl halides is 19. The molecule has 0 N–H and O–H groups in total. The third-order valence-corrected chi connectivity index (χ3v) is 3.96. The van der Waals surface area contributed by atoms with Crippen LogP contribution < -0.4 is 0 Å². The van der Waals surface area contributed by atoms with Crippen LogP contribution in [0.5, 0.6) is 0 Å². The minimum Gasteiger partial charge on any atom is -0.223 e. The van der Waals surface area contributed by atoms with Crippen molar-refractivity contribution in [1.82, 2.24) is 0 Å². The van der Waals surface area contributed by atoms with Crippen LogP contribution in [0.25, 0.3) is 0 Å². The molecule has 0 heterocycles. The quantitative estimate of drug-likeness (QED) is 0.428. The first kappa shape index (κ1) is 25.7. The number of halogens is 19. The van der Waals surface area contributed by atoms with Gasteiger partial charge in [-0.25, -0.2) is 13.2 Å². The molecule has 174 valence electrons. The van der Waals surface area contributed by atoms with Crippen LogP contribution in [-0.2, 0) is 0 Å². The summed E-state index contributed by atoms with van der Waals surface area (Å²) in [7, 11) is 0. The molecule has 0 aromatic carbocycles. The van der Waals surface area contributed by atoms with Crippen LogP contribution >= 0.6 is 0 Å². The van der Waals surface area contributed by atoms with Crippen molar-refractivity contribution >= 4 is 0 Å². The second kappa shape index (κ2) is 5.67. The van der Waals surface area contributed by atoms with Gasteiger partial charge in [-0.2, -0.15) is 70.2 Å². The van der Waals surface area contributed by atoms with Crippen molar-refractivity contribution in [2.45, 2.75) is 59.5 Å². The molecule has 1 aliphatic carbocycles. The van der Waals surface area contributed by atoms with E-state index in [0.717, 1.165) is 0 Å². The fraction of sp³-hybridized carbons (Fsp3) is 1.00. The Morgan fingerprint density at radius 2 is 0.690 bits per heavy atom. The molecule has 1 aliphatic rings. The smallest absolute Gasteiger partial charge is 0.223 e. The highest BCUT2D eigenvalue weighted by molar-refractivity contribution is 5.32. The maximum absolute atomic E-state index is 13.9. The van der Waals surface area contributed by atoms with Crippen LogP contribution in [-0.4, -0.2) is 59.5 Å². The minimum absolute atomic E-state index is 6.11. The van der Waals surface area contributed by atoms with Gasteiger partial charge in [-0.1, -0.05) is 0 Å². The van der Waals surface area contributed by atoms with E-state index in [1.54, 1.807) is 0 Å². The standard InChI is InChI=1S/C10HF19/c11-1(12)2(13,14)4(16,17)5(18,19)3(15)6(20,21)8(24,25)10(28,29)9(26,27)7(3,22)23/h1H. The highest BCUT2D eigenvalue weighted by Crippen LogP contribution is 2.74. The molecule has 0 atom stereocenters. The molecule has 29 heavy (non-hydrogen) atoms. The van der Waals surface area contributed by atoms with Crippen molar-refractivity contribution in [3.8, 4) is 0 Å². The Hall–Kier alpha value is -1.33. The van der Waals surface area contributed by atoms with Gasteiger partial charge in [0.1, 0.15) is 0 Å². The molecule has 0 spiro atoms. The first-order valence-electron chi connectivity index (χ1n) is 6.19. The van der Waals surface area contributed by atoms with E-state index in [0.29, 0.717) is 0 Å². The van der Waals surface area contributed by atoms with Gasteiger partial charge >= 0.3 is 59.5 Å². The summed E-state index contributed by atoms with van der Waals surface area (Å²) >= 11 is 0. The van der Waals surface area contributed by atoms with Crippen LogP contribution in [0.3, 0.4) is 0 Å². The summed E-state index contributed by atoms with van der Waals surface area (Å²) in [6, 6.07) is 0. The summed E-state index contributed by atoms with van der Waals surface area (Å²) in [5.74, 6) is -67.2. The van der Waals surface area contributed by atoms with Gasteiger partial charge in [-0.05, 0) is 0 Å². The highest BCUT2D eigenvalue weighted by Gasteiger charge is 3.07. The molecule has 0 aromatic rings. The molecule has 0 bridgehead atoms. The van der Waals surface area contributed by atoms with Gasteiger partial charge in [0.25, 0.3) is 0 Å². The average molecular weight is 482 g/mol. The third-order valence-electron chi connectivity index (χ3n) is 3.96. The Morgan fingerprint density at radius 3 is 0.931 bits per heavy atom. The predicted molar refractivity (Wildman–Crippen MR) is 49.4 cm³/mol. The Balaban J connectivity index is 4.10. The summed E-state index contributed by atoms with van der Waals surface area (Å²) in [5, 5.41) is 0. The minimum atomic E-state index is -8.93. The van der Waals surface area contributed by atoms with Crippen LogP contribution in [0.4, 0.5) is 83.4 Å². The summed E-state index contributed by atoms with van der Waals surface area (Å²) in [6.07, 6.45) is -6.11. The van der Waals surface area contributed by atoms with Gasteiger partial charge < -0.3 is 0 Å². The van der Waals surface area contributed by atoms with Crippen LogP contribution in [0, 0.1) is 0 Å². The highest BCUT2D eigenvalue weighted by atomic mass is 19.4. The molecule has 0 radical (unpaired) electrons. The van der Waals surface area contributed by atoms with E-state index in [2.05, 4.69) is 0 Å². The van der Waals surface area contributed by atoms with Gasteiger partial charge in [0, 0.05) is 0 Å². The van der Waals surface area contributed by atoms with E-state index in [4.69, 9.17) is 0 Å². The average Bonchev–Trinajstić information content (AvgIpc) is 2.51. The lowest BCUT2D eigenvalue weighted by Gasteiger charge is -2.55. The Bertz CT molecular complexity index is 626. The molecule has 1 fully saturated rings. The zero-order valence-corrected chi connectivity index (χ0v) is 12.3. The Kier molecular flexibility index (Phi) is 5.03. The summed E-state index contributed by atoms with van der Waals surface area (Å²) < 4.78 is 247. The molecule has 0 nitrogen and oxygen atoms in total. The van der Waals surface area contributed by atoms with Crippen LogP contribution in [0.1, 0.15) is 0 Å². The van der Waals surface area contributed by atoms with Crippen molar-refractivity contribution in [3.63, 3.8) is 0 Å². The number of rotatable bonds is 4. The molecule has 0 aliphatic heterocycles. The van der Waals surface area contributed by atoms with Gasteiger partial charge in [-0.15, -0.1) is 0 Å². The van der Waals surface area contributed by atoms with E-state index in [1.165, 1.54) is 0 Å². The predicted octanol–water partition coefficient (Wildman–Crippen LogP) is 6.06. The molecule has 1 saturated carbocycles. The molecule has 19 heteroatoms. The maximum atomic E-state index is 13.9. The second-order valence-electron chi connectivity index (χ2n) is 5.60. The lowest BCUT2D eigenvalue weighted by molar-refractivity contribution is -0.521. The van der Waals surface area contributed by atoms with Gasteiger partial charge in [-0.3, -0.25) is 0 Å². The monoisotopic (exact) mass is 482 g/mol. The van der Waals surface area contributed by atoms with Crippen molar-refractivity contribution in [3.05, 3.63) is 0 Å². The van der Waals surface area contributed by atoms with Crippen molar-refractivity contribution in [2.24, 2.45) is 0 Å². The summed E-state index contributed by atoms with van der Waals surface area (Å²) in [5.41, 5.74) is -8.93. The van der Waals surface area contributed by atoms with Gasteiger partial charge in [0.15, 0.2) is 0 Å². The van der Waals surface area contributed by atoms with E-state index in [9.17, 15) is 83.4 Å². The SMILES string of the molecule is FC(F)C(F)(F)C(F)(F)C(F)(F)C1(F)C(F)(F)C(F)(F)C(F)(F)C(F)(F)C1(F)F. The molecule has 0 aromatic heterocycles. The Morgan fingerprint density at radius 1 is 0.448 bits per heavy atom. The van der Waals surface area contributed by atoms with Gasteiger partial charge in [0.2, 0.25) is 0 Å². The molecular formula is C10HF19. The second-order valence-corrected chi connectivity index (χ2v) is 5.60. The number of hydrogen-bond acceptors (Lipinski definition) is 0. The largest absolute Gasteiger partial charge is 0.384 e. The lowest BCUT2D eigenvalue weighted by atomic mass is 9.67. The first-order valence-corrected chi connectivity index (χ1v) is 6.19. The van der Waals surface area contributed by atoms with Crippen molar-refractivity contribution in [1.29, 1.82) is 0 Å². The summed E-state index contributed by atoms with van der Waals surface area (Å²) in [4.78, 5) is 0. The summed E-state index contributed by atoms with van der Waals surface area (Å²) in [6.45, 7) is 0. The molecule has 0 saturated heterocycles. The van der Waals surface area contributed by atoms with Crippen LogP contribution in [0.2, 0.25) is 0 Å². The fourth-order valence-electron chi connectivity index (χ4n) is 2.18. The molecule has 0 amide bonds. The third kappa shape index (κ3) is 2.21. The fourth-order valence-corrected chi connectivity index (χ4v) is 2.18. The van der Waals surface area contributed by atoms with E-state index in [1.807, 2.05) is 0 Å². The zero-order chi connectivity index (χ0) is 24.1. The van der Waals surface area contributed by atoms with Crippen molar-refractivity contribution < 1.29 is 83.4 Å². The number of hydrogen-bond donors (Lipinski definition) is 0. The van der Waals surface area contributed by atoms with E-state index < -0.39 is 59.5 Å². The first-order chi connectivity index (χ1) is 12.2. The Labute approximate surface area is 144 Å². The van der Waals surface area contributed by atoms with Crippen molar-refractivity contribution in [2.75, 3.05) is 0 Å². The molecule has 0 unspecified atom stereocenters. The zero-order valence-electron chi connectivity index (χ0n) is 12.3. The maximum Gasteiger partial charge on any atom is 0.384 e. The normalized spacial score (nSPS) is 27.7. The molecular weight excluding hydrogens is 481 g/mol.